The van der Waals surface area contributed by atoms with Crippen molar-refractivity contribution in [3.8, 4) is 5.75 Å². The van der Waals surface area contributed by atoms with E-state index in [2.05, 4.69) is 4.98 Å². The minimum Gasteiger partial charge on any atom is -0.486 e. The summed E-state index contributed by atoms with van der Waals surface area (Å²) in [5.74, 6) is -0.581. The maximum Gasteiger partial charge on any atom is 0.255 e. The highest BCUT2D eigenvalue weighted by molar-refractivity contribution is 5.17. The average Bonchev–Trinajstić information content (AvgIpc) is 2.03. The van der Waals surface area contributed by atoms with E-state index in [4.69, 9.17) is 9.84 Å². The summed E-state index contributed by atoms with van der Waals surface area (Å²) in [6.45, 7) is -0.0447. The zero-order chi connectivity index (χ0) is 8.10. The number of pyridine rings is 1. The first-order chi connectivity index (χ1) is 5.34. The summed E-state index contributed by atoms with van der Waals surface area (Å²) in [6.07, 6.45) is 1.33. The molecular weight excluding hydrogens is 149 g/mol. The van der Waals surface area contributed by atoms with Crippen molar-refractivity contribution in [1.82, 2.24) is 4.98 Å². The Morgan fingerprint density at radius 1 is 1.64 bits per heavy atom. The van der Waals surface area contributed by atoms with Crippen LogP contribution in [0.25, 0.3) is 0 Å². The van der Waals surface area contributed by atoms with Crippen LogP contribution in [-0.2, 0) is 0 Å². The van der Waals surface area contributed by atoms with Crippen molar-refractivity contribution in [2.75, 3.05) is 13.2 Å². The van der Waals surface area contributed by atoms with Gasteiger partial charge in [-0.3, -0.25) is 0 Å². The zero-order valence-corrected chi connectivity index (χ0v) is 5.83. The van der Waals surface area contributed by atoms with Crippen LogP contribution in [0, 0.1) is 5.95 Å². The zero-order valence-electron chi connectivity index (χ0n) is 5.83. The fourth-order valence-electron chi connectivity index (χ4n) is 0.635. The first-order valence-electron chi connectivity index (χ1n) is 3.19. The van der Waals surface area contributed by atoms with Crippen LogP contribution in [0.2, 0.25) is 0 Å². The first-order valence-corrected chi connectivity index (χ1v) is 3.19. The fraction of sp³-hybridized carbons (Fsp3) is 0.286. The van der Waals surface area contributed by atoms with Gasteiger partial charge in [-0.1, -0.05) is 0 Å². The Bertz CT molecular complexity index is 229. The van der Waals surface area contributed by atoms with Crippen LogP contribution in [0.3, 0.4) is 0 Å². The summed E-state index contributed by atoms with van der Waals surface area (Å²) in [5, 5.41) is 8.35. The van der Waals surface area contributed by atoms with Gasteiger partial charge in [0.2, 0.25) is 0 Å². The summed E-state index contributed by atoms with van der Waals surface area (Å²) >= 11 is 0. The van der Waals surface area contributed by atoms with Gasteiger partial charge in [0.25, 0.3) is 5.95 Å². The van der Waals surface area contributed by atoms with E-state index in [1.807, 2.05) is 0 Å². The van der Waals surface area contributed by atoms with Gasteiger partial charge in [0, 0.05) is 6.20 Å². The minimum absolute atomic E-state index is 0.0709. The second kappa shape index (κ2) is 3.88. The molecule has 0 bridgehead atoms. The highest BCUT2D eigenvalue weighted by Gasteiger charge is 2.00. The van der Waals surface area contributed by atoms with Gasteiger partial charge in [-0.25, -0.2) is 4.98 Å². The summed E-state index contributed by atoms with van der Waals surface area (Å²) in [6, 6.07) is 3.02. The van der Waals surface area contributed by atoms with Crippen LogP contribution in [0.5, 0.6) is 5.75 Å². The van der Waals surface area contributed by atoms with Crippen molar-refractivity contribution in [3.63, 3.8) is 0 Å². The number of aliphatic hydroxyl groups is 1. The van der Waals surface area contributed by atoms with E-state index in [-0.39, 0.29) is 19.0 Å². The molecule has 4 heteroatoms. The van der Waals surface area contributed by atoms with Gasteiger partial charge < -0.3 is 9.84 Å². The molecular formula is C7H8FNO2. The lowest BCUT2D eigenvalue weighted by Gasteiger charge is -2.02. The Labute approximate surface area is 63.5 Å². The standard InChI is InChI=1S/C7H8FNO2/c8-7-6(11-5-4-10)2-1-3-9-7/h1-3,10H,4-5H2. The summed E-state index contributed by atoms with van der Waals surface area (Å²) in [7, 11) is 0. The molecule has 0 fully saturated rings. The molecule has 0 saturated carbocycles. The second-order valence-corrected chi connectivity index (χ2v) is 1.86. The molecule has 1 heterocycles. The van der Waals surface area contributed by atoms with E-state index in [9.17, 15) is 4.39 Å². The highest BCUT2D eigenvalue weighted by atomic mass is 19.1. The molecule has 0 spiro atoms. The molecule has 0 aromatic carbocycles. The third kappa shape index (κ3) is 2.16. The van der Waals surface area contributed by atoms with E-state index in [1.165, 1.54) is 12.3 Å². The van der Waals surface area contributed by atoms with Crippen LogP contribution >= 0.6 is 0 Å². The van der Waals surface area contributed by atoms with Crippen LogP contribution in [0.1, 0.15) is 0 Å². The molecule has 3 nitrogen and oxygen atoms in total. The van der Waals surface area contributed by atoms with E-state index < -0.39 is 5.95 Å². The van der Waals surface area contributed by atoms with Crippen LogP contribution < -0.4 is 4.74 Å². The molecule has 1 aromatic rings. The van der Waals surface area contributed by atoms with Crippen molar-refractivity contribution >= 4 is 0 Å². The average molecular weight is 157 g/mol. The van der Waals surface area contributed by atoms with Crippen molar-refractivity contribution in [2.24, 2.45) is 0 Å². The number of rotatable bonds is 3. The van der Waals surface area contributed by atoms with Crippen LogP contribution in [-0.4, -0.2) is 23.3 Å². The highest BCUT2D eigenvalue weighted by Crippen LogP contribution is 2.11. The van der Waals surface area contributed by atoms with Crippen LogP contribution in [0.4, 0.5) is 4.39 Å². The van der Waals surface area contributed by atoms with Gasteiger partial charge >= 0.3 is 0 Å². The first kappa shape index (κ1) is 7.94. The Morgan fingerprint density at radius 3 is 3.09 bits per heavy atom. The number of hydrogen-bond acceptors (Lipinski definition) is 3. The largest absolute Gasteiger partial charge is 0.486 e. The molecule has 0 unspecified atom stereocenters. The molecule has 0 aliphatic heterocycles. The summed E-state index contributed by atoms with van der Waals surface area (Å²) in [4.78, 5) is 3.36. The summed E-state index contributed by atoms with van der Waals surface area (Å²) < 4.78 is 17.4. The molecule has 11 heavy (non-hydrogen) atoms. The minimum atomic E-state index is -0.652. The van der Waals surface area contributed by atoms with E-state index in [1.54, 1.807) is 6.07 Å². The Kier molecular flexibility index (Phi) is 2.80. The van der Waals surface area contributed by atoms with Gasteiger partial charge in [-0.15, -0.1) is 0 Å². The van der Waals surface area contributed by atoms with E-state index >= 15 is 0 Å². The normalized spacial score (nSPS) is 9.64. The van der Waals surface area contributed by atoms with Crippen molar-refractivity contribution in [2.45, 2.75) is 0 Å². The van der Waals surface area contributed by atoms with E-state index in [0.29, 0.717) is 0 Å². The summed E-state index contributed by atoms with van der Waals surface area (Å²) in [5.41, 5.74) is 0. The van der Waals surface area contributed by atoms with E-state index in [0.717, 1.165) is 0 Å². The Morgan fingerprint density at radius 2 is 2.45 bits per heavy atom. The molecule has 0 radical (unpaired) electrons. The van der Waals surface area contributed by atoms with Crippen LogP contribution in [0.15, 0.2) is 18.3 Å². The molecule has 1 rings (SSSR count). The third-order valence-electron chi connectivity index (χ3n) is 1.07. The van der Waals surface area contributed by atoms with Gasteiger partial charge in [-0.05, 0) is 12.1 Å². The molecule has 1 N–H and O–H groups in total. The number of aromatic nitrogens is 1. The van der Waals surface area contributed by atoms with Crippen molar-refractivity contribution in [1.29, 1.82) is 0 Å². The monoisotopic (exact) mass is 157 g/mol. The Hall–Kier alpha value is -1.16. The number of aliphatic hydroxyl groups excluding tert-OH is 1. The molecule has 0 aliphatic carbocycles. The third-order valence-corrected chi connectivity index (χ3v) is 1.07. The molecule has 0 atom stereocenters. The van der Waals surface area contributed by atoms with Gasteiger partial charge in [0.1, 0.15) is 6.61 Å². The molecule has 60 valence electrons. The molecule has 0 saturated heterocycles. The predicted octanol–water partition coefficient (Wildman–Crippen LogP) is 0.592. The molecule has 1 aromatic heterocycles. The quantitative estimate of drug-likeness (QED) is 0.653. The maximum absolute atomic E-state index is 12.6. The van der Waals surface area contributed by atoms with Crippen molar-refractivity contribution < 1.29 is 14.2 Å². The van der Waals surface area contributed by atoms with Gasteiger partial charge in [0.15, 0.2) is 5.75 Å². The van der Waals surface area contributed by atoms with Gasteiger partial charge in [0.05, 0.1) is 6.61 Å². The lowest BCUT2D eigenvalue weighted by Crippen LogP contribution is -2.03. The number of nitrogens with zero attached hydrogens (tertiary/aromatic N) is 1. The molecule has 0 aliphatic rings. The molecule has 0 amide bonds. The smallest absolute Gasteiger partial charge is 0.255 e. The Balaban J connectivity index is 2.62. The second-order valence-electron chi connectivity index (χ2n) is 1.86. The number of halogens is 1. The predicted molar refractivity (Wildman–Crippen MR) is 36.8 cm³/mol. The van der Waals surface area contributed by atoms with Gasteiger partial charge in [-0.2, -0.15) is 4.39 Å². The SMILES string of the molecule is OCCOc1cccnc1F. The van der Waals surface area contributed by atoms with Crippen molar-refractivity contribution in [3.05, 3.63) is 24.3 Å². The number of ether oxygens (including phenoxy) is 1. The lowest BCUT2D eigenvalue weighted by molar-refractivity contribution is 0.195. The number of hydrogen-bond donors (Lipinski definition) is 1. The maximum atomic E-state index is 12.6. The topological polar surface area (TPSA) is 42.4 Å². The fourth-order valence-corrected chi connectivity index (χ4v) is 0.635. The lowest BCUT2D eigenvalue weighted by atomic mass is 10.4.